The van der Waals surface area contributed by atoms with Crippen molar-refractivity contribution < 1.29 is 18.9 Å². The van der Waals surface area contributed by atoms with E-state index < -0.39 is 10.8 Å². The van der Waals surface area contributed by atoms with Gasteiger partial charge in [0.25, 0.3) is 5.69 Å². The number of halogens is 1. The Morgan fingerprint density at radius 3 is 2.33 bits per heavy atom. The number of carbonyl (C=O) groups is 2. The number of nitro benzene ring substituents is 1. The number of amides is 2. The second-order valence-corrected chi connectivity index (χ2v) is 9.09. The average molecular weight is 508 g/mol. The summed E-state index contributed by atoms with van der Waals surface area (Å²) in [6.45, 7) is 6.30. The fourth-order valence-corrected chi connectivity index (χ4v) is 4.33. The molecular formula is C27H26FN3O4S. The van der Waals surface area contributed by atoms with Crippen LogP contribution in [-0.2, 0) is 22.7 Å². The summed E-state index contributed by atoms with van der Waals surface area (Å²) in [4.78, 5) is 40.6. The summed E-state index contributed by atoms with van der Waals surface area (Å²) in [5.74, 6) is -1.00. The number of nitrogens with zero attached hydrogens (tertiary/aromatic N) is 3. The van der Waals surface area contributed by atoms with E-state index in [1.165, 1.54) is 41.3 Å². The van der Waals surface area contributed by atoms with Crippen LogP contribution in [0.15, 0.2) is 78.7 Å². The number of rotatable bonds is 11. The van der Waals surface area contributed by atoms with Gasteiger partial charge in [0.15, 0.2) is 0 Å². The third kappa shape index (κ3) is 7.44. The normalized spacial score (nSPS) is 10.8. The molecule has 3 rings (SSSR count). The Morgan fingerprint density at radius 1 is 1.06 bits per heavy atom. The number of hydrogen-bond donors (Lipinski definition) is 0. The highest BCUT2D eigenvalue weighted by atomic mass is 32.1. The summed E-state index contributed by atoms with van der Waals surface area (Å²) < 4.78 is 13.4. The van der Waals surface area contributed by atoms with Crippen LogP contribution in [-0.4, -0.2) is 39.6 Å². The van der Waals surface area contributed by atoms with E-state index in [0.29, 0.717) is 12.1 Å². The molecule has 7 nitrogen and oxygen atoms in total. The van der Waals surface area contributed by atoms with Gasteiger partial charge in [0.05, 0.1) is 11.5 Å². The smallest absolute Gasteiger partial charge is 0.269 e. The highest BCUT2D eigenvalue weighted by Gasteiger charge is 2.21. The highest BCUT2D eigenvalue weighted by Crippen LogP contribution is 2.20. The molecule has 1 heterocycles. The van der Waals surface area contributed by atoms with E-state index in [4.69, 9.17) is 0 Å². The molecule has 0 aliphatic rings. The Balaban J connectivity index is 1.75. The van der Waals surface area contributed by atoms with Crippen molar-refractivity contribution in [1.82, 2.24) is 9.80 Å². The Kier molecular flexibility index (Phi) is 9.24. The Labute approximate surface area is 212 Å². The van der Waals surface area contributed by atoms with Crippen molar-refractivity contribution in [3.63, 3.8) is 0 Å². The van der Waals surface area contributed by atoms with Crippen LogP contribution in [0.3, 0.4) is 0 Å². The first-order valence-electron chi connectivity index (χ1n) is 11.1. The largest absolute Gasteiger partial charge is 0.332 e. The maximum Gasteiger partial charge on any atom is 0.269 e. The van der Waals surface area contributed by atoms with Crippen LogP contribution < -0.4 is 0 Å². The Morgan fingerprint density at radius 2 is 1.75 bits per heavy atom. The van der Waals surface area contributed by atoms with Gasteiger partial charge in [-0.1, -0.05) is 18.2 Å². The maximum absolute atomic E-state index is 13.4. The van der Waals surface area contributed by atoms with Gasteiger partial charge in [0, 0.05) is 36.2 Å². The fraction of sp³-hybridized carbons (Fsp3) is 0.185. The summed E-state index contributed by atoms with van der Waals surface area (Å²) in [5.41, 5.74) is 2.42. The molecule has 186 valence electrons. The molecule has 0 fully saturated rings. The molecule has 0 N–H and O–H groups in total. The van der Waals surface area contributed by atoms with Crippen molar-refractivity contribution in [2.24, 2.45) is 0 Å². The molecule has 0 spiro atoms. The molecule has 0 bridgehead atoms. The maximum atomic E-state index is 13.4. The first-order valence-corrected chi connectivity index (χ1v) is 12.0. The zero-order chi connectivity index (χ0) is 26.1. The van der Waals surface area contributed by atoms with Crippen molar-refractivity contribution >= 4 is 34.9 Å². The lowest BCUT2D eigenvalue weighted by atomic mass is 10.2. The van der Waals surface area contributed by atoms with E-state index >= 15 is 0 Å². The summed E-state index contributed by atoms with van der Waals surface area (Å²) in [6, 6.07) is 13.8. The molecule has 0 aliphatic carbocycles. The third-order valence-electron chi connectivity index (χ3n) is 5.45. The van der Waals surface area contributed by atoms with Gasteiger partial charge < -0.3 is 9.80 Å². The van der Waals surface area contributed by atoms with E-state index in [0.717, 1.165) is 16.0 Å². The molecular weight excluding hydrogens is 481 g/mol. The number of thiophene rings is 1. The van der Waals surface area contributed by atoms with E-state index in [1.807, 2.05) is 18.4 Å². The van der Waals surface area contributed by atoms with E-state index in [9.17, 15) is 24.1 Å². The van der Waals surface area contributed by atoms with Crippen molar-refractivity contribution in [2.45, 2.75) is 20.0 Å². The Bertz CT molecular complexity index is 1250. The monoisotopic (exact) mass is 507 g/mol. The number of aryl methyl sites for hydroxylation is 1. The first-order chi connectivity index (χ1) is 17.3. The van der Waals surface area contributed by atoms with E-state index in [-0.39, 0.29) is 37.0 Å². The molecule has 9 heteroatoms. The SMILES string of the molecule is C=CCN(CC(=O)N(Cc1ccc(F)cc1)Cc1sccc1C)C(=O)/C=C/c1ccc([N+](=O)[O-])cc1. The molecule has 3 aromatic rings. The lowest BCUT2D eigenvalue weighted by molar-refractivity contribution is -0.384. The number of nitro groups is 1. The predicted molar refractivity (Wildman–Crippen MR) is 139 cm³/mol. The second kappa shape index (κ2) is 12.6. The zero-order valence-electron chi connectivity index (χ0n) is 19.8. The second-order valence-electron chi connectivity index (χ2n) is 8.09. The van der Waals surface area contributed by atoms with Crippen molar-refractivity contribution in [3.05, 3.63) is 116 Å². The lowest BCUT2D eigenvalue weighted by Gasteiger charge is -2.27. The van der Waals surface area contributed by atoms with Gasteiger partial charge in [-0.2, -0.15) is 0 Å². The minimum atomic E-state index is -0.495. The number of benzene rings is 2. The van der Waals surface area contributed by atoms with Crippen LogP contribution >= 0.6 is 11.3 Å². The number of carbonyl (C=O) groups excluding carboxylic acids is 2. The van der Waals surface area contributed by atoms with Crippen molar-refractivity contribution in [2.75, 3.05) is 13.1 Å². The third-order valence-corrected chi connectivity index (χ3v) is 6.46. The summed E-state index contributed by atoms with van der Waals surface area (Å²) >= 11 is 1.55. The number of non-ortho nitro benzene ring substituents is 1. The van der Waals surface area contributed by atoms with Crippen LogP contribution in [0.5, 0.6) is 0 Å². The molecule has 1 aromatic heterocycles. The van der Waals surface area contributed by atoms with E-state index in [1.54, 1.807) is 46.6 Å². The average Bonchev–Trinajstić information content (AvgIpc) is 3.27. The van der Waals surface area contributed by atoms with Gasteiger partial charge in [0.2, 0.25) is 11.8 Å². The van der Waals surface area contributed by atoms with Gasteiger partial charge in [-0.25, -0.2) is 4.39 Å². The van der Waals surface area contributed by atoms with Gasteiger partial charge in [-0.15, -0.1) is 17.9 Å². The summed E-state index contributed by atoms with van der Waals surface area (Å²) in [5, 5.41) is 12.8. The van der Waals surface area contributed by atoms with Gasteiger partial charge in [-0.3, -0.25) is 19.7 Å². The molecule has 0 unspecified atom stereocenters. The van der Waals surface area contributed by atoms with Crippen molar-refractivity contribution in [3.8, 4) is 0 Å². The van der Waals surface area contributed by atoms with Crippen LogP contribution in [0, 0.1) is 22.9 Å². The molecule has 2 aromatic carbocycles. The standard InChI is InChI=1S/C27H26FN3O4S/c1-3-15-29(26(32)13-8-21-6-11-24(12-7-21)31(34)35)19-27(33)30(18-25-20(2)14-16-36-25)17-22-4-9-23(28)10-5-22/h3-14,16H,1,15,17-19H2,2H3/b13-8+. The molecule has 0 saturated heterocycles. The van der Waals surface area contributed by atoms with Gasteiger partial charge >= 0.3 is 0 Å². The molecule has 0 atom stereocenters. The molecule has 2 amide bonds. The topological polar surface area (TPSA) is 83.8 Å². The minimum Gasteiger partial charge on any atom is -0.332 e. The summed E-state index contributed by atoms with van der Waals surface area (Å²) in [6.07, 6.45) is 4.40. The zero-order valence-corrected chi connectivity index (χ0v) is 20.6. The molecule has 36 heavy (non-hydrogen) atoms. The number of hydrogen-bond acceptors (Lipinski definition) is 5. The van der Waals surface area contributed by atoms with Crippen LogP contribution in [0.4, 0.5) is 10.1 Å². The van der Waals surface area contributed by atoms with Gasteiger partial charge in [0.1, 0.15) is 12.4 Å². The molecule has 0 aliphatic heterocycles. The molecule has 0 radical (unpaired) electrons. The summed E-state index contributed by atoms with van der Waals surface area (Å²) in [7, 11) is 0. The molecule has 0 saturated carbocycles. The first kappa shape index (κ1) is 26.5. The highest BCUT2D eigenvalue weighted by molar-refractivity contribution is 7.10. The van der Waals surface area contributed by atoms with E-state index in [2.05, 4.69) is 6.58 Å². The minimum absolute atomic E-state index is 0.0421. The Hall–Kier alpha value is -4.11. The van der Waals surface area contributed by atoms with Gasteiger partial charge in [-0.05, 0) is 65.4 Å². The van der Waals surface area contributed by atoms with Crippen molar-refractivity contribution in [1.29, 1.82) is 0 Å². The van der Waals surface area contributed by atoms with Crippen LogP contribution in [0.1, 0.15) is 21.6 Å². The lowest BCUT2D eigenvalue weighted by Crippen LogP contribution is -2.42. The fourth-order valence-electron chi connectivity index (χ4n) is 3.41. The van der Waals surface area contributed by atoms with Crippen LogP contribution in [0.25, 0.3) is 6.08 Å². The predicted octanol–water partition coefficient (Wildman–Crippen LogP) is 5.36. The van der Waals surface area contributed by atoms with Crippen LogP contribution in [0.2, 0.25) is 0 Å². The quantitative estimate of drug-likeness (QED) is 0.151.